The molecule has 0 unspecified atom stereocenters. The molecule has 1 aromatic carbocycles. The average Bonchev–Trinajstić information content (AvgIpc) is 3.29. The van der Waals surface area contributed by atoms with Gasteiger partial charge in [0, 0.05) is 24.0 Å². The molecule has 0 saturated heterocycles. The maximum atomic E-state index is 12.9. The van der Waals surface area contributed by atoms with E-state index in [0.29, 0.717) is 11.4 Å². The molecule has 4 rings (SSSR count). The SMILES string of the molecule is O=C(c1ccon1)N(c1ccccc1)[C@H]1C[C@H](n2ccc(CO)n2)C1. The van der Waals surface area contributed by atoms with Gasteiger partial charge in [-0.25, -0.2) is 0 Å². The molecular formula is C18H18N4O3. The third-order valence-electron chi connectivity index (χ3n) is 4.56. The van der Waals surface area contributed by atoms with E-state index in [9.17, 15) is 4.79 Å². The Morgan fingerprint density at radius 3 is 2.68 bits per heavy atom. The van der Waals surface area contributed by atoms with Gasteiger partial charge in [0.2, 0.25) is 0 Å². The molecule has 0 radical (unpaired) electrons. The van der Waals surface area contributed by atoms with E-state index >= 15 is 0 Å². The predicted molar refractivity (Wildman–Crippen MR) is 90.0 cm³/mol. The van der Waals surface area contributed by atoms with Crippen molar-refractivity contribution in [3.05, 3.63) is 66.3 Å². The average molecular weight is 338 g/mol. The molecule has 3 aromatic rings. The summed E-state index contributed by atoms with van der Waals surface area (Å²) < 4.78 is 6.69. The first-order valence-electron chi connectivity index (χ1n) is 8.20. The van der Waals surface area contributed by atoms with Crippen molar-refractivity contribution in [2.24, 2.45) is 0 Å². The van der Waals surface area contributed by atoms with E-state index in [1.165, 1.54) is 6.26 Å². The number of hydrogen-bond acceptors (Lipinski definition) is 5. The first kappa shape index (κ1) is 15.6. The van der Waals surface area contributed by atoms with Gasteiger partial charge >= 0.3 is 0 Å². The zero-order valence-electron chi connectivity index (χ0n) is 13.5. The van der Waals surface area contributed by atoms with Gasteiger partial charge in [-0.3, -0.25) is 9.48 Å². The second-order valence-corrected chi connectivity index (χ2v) is 6.12. The summed E-state index contributed by atoms with van der Waals surface area (Å²) in [5.41, 5.74) is 1.80. The van der Waals surface area contributed by atoms with Crippen LogP contribution < -0.4 is 4.90 Å². The van der Waals surface area contributed by atoms with Gasteiger partial charge < -0.3 is 14.5 Å². The second-order valence-electron chi connectivity index (χ2n) is 6.12. The lowest BCUT2D eigenvalue weighted by Crippen LogP contribution is -2.49. The summed E-state index contributed by atoms with van der Waals surface area (Å²) in [5, 5.41) is 17.3. The normalized spacial score (nSPS) is 19.4. The number of rotatable bonds is 5. The van der Waals surface area contributed by atoms with Crippen molar-refractivity contribution >= 4 is 11.6 Å². The highest BCUT2D eigenvalue weighted by molar-refractivity contribution is 6.05. The fourth-order valence-electron chi connectivity index (χ4n) is 3.18. The predicted octanol–water partition coefficient (Wildman–Crippen LogP) is 2.41. The van der Waals surface area contributed by atoms with Crippen LogP contribution in [0.25, 0.3) is 0 Å². The van der Waals surface area contributed by atoms with Gasteiger partial charge in [-0.2, -0.15) is 5.10 Å². The first-order chi connectivity index (χ1) is 12.3. The van der Waals surface area contributed by atoms with Crippen LogP contribution in [0.5, 0.6) is 0 Å². The molecule has 1 N–H and O–H groups in total. The number of para-hydroxylation sites is 1. The third-order valence-corrected chi connectivity index (χ3v) is 4.56. The Balaban J connectivity index is 1.55. The van der Waals surface area contributed by atoms with Crippen molar-refractivity contribution in [2.75, 3.05) is 4.90 Å². The minimum Gasteiger partial charge on any atom is -0.390 e. The van der Waals surface area contributed by atoms with Crippen LogP contribution in [-0.4, -0.2) is 32.0 Å². The van der Waals surface area contributed by atoms with E-state index in [1.54, 1.807) is 11.0 Å². The Bertz CT molecular complexity index is 838. The van der Waals surface area contributed by atoms with Crippen molar-refractivity contribution in [3.63, 3.8) is 0 Å². The zero-order valence-corrected chi connectivity index (χ0v) is 13.5. The first-order valence-corrected chi connectivity index (χ1v) is 8.20. The van der Waals surface area contributed by atoms with Crippen LogP contribution in [0.1, 0.15) is 35.1 Å². The molecule has 1 amide bonds. The summed E-state index contributed by atoms with van der Waals surface area (Å²) in [6.45, 7) is -0.0655. The van der Waals surface area contributed by atoms with Crippen molar-refractivity contribution in [1.29, 1.82) is 0 Å². The summed E-state index contributed by atoms with van der Waals surface area (Å²) in [7, 11) is 0. The molecule has 7 nitrogen and oxygen atoms in total. The lowest BCUT2D eigenvalue weighted by molar-refractivity contribution is 0.0937. The highest BCUT2D eigenvalue weighted by atomic mass is 16.5. The number of nitrogens with zero attached hydrogens (tertiary/aromatic N) is 4. The third kappa shape index (κ3) is 2.94. The fourth-order valence-corrected chi connectivity index (χ4v) is 3.18. The summed E-state index contributed by atoms with van der Waals surface area (Å²) in [5.74, 6) is -0.167. The van der Waals surface area contributed by atoms with Crippen molar-refractivity contribution in [2.45, 2.75) is 31.5 Å². The Morgan fingerprint density at radius 2 is 2.04 bits per heavy atom. The summed E-state index contributed by atoms with van der Waals surface area (Å²) in [6.07, 6.45) is 4.87. The van der Waals surface area contributed by atoms with Gasteiger partial charge in [-0.15, -0.1) is 0 Å². The highest BCUT2D eigenvalue weighted by Gasteiger charge is 2.39. The number of benzene rings is 1. The smallest absolute Gasteiger partial charge is 0.280 e. The molecule has 25 heavy (non-hydrogen) atoms. The maximum absolute atomic E-state index is 12.9. The summed E-state index contributed by atoms with van der Waals surface area (Å²) >= 11 is 0. The number of carbonyl (C=O) groups is 1. The zero-order chi connectivity index (χ0) is 17.2. The Morgan fingerprint density at radius 1 is 1.24 bits per heavy atom. The number of aromatic nitrogens is 3. The van der Waals surface area contributed by atoms with Gasteiger partial charge in [0.1, 0.15) is 6.26 Å². The van der Waals surface area contributed by atoms with Crippen LogP contribution in [0.3, 0.4) is 0 Å². The van der Waals surface area contributed by atoms with E-state index < -0.39 is 0 Å². The standard InChI is InChI=1S/C18H18N4O3/c23-12-13-6-8-21(19-13)15-10-16(11-15)22(14-4-2-1-3-5-14)18(24)17-7-9-25-20-17/h1-9,15-16,23H,10-12H2/t15-,16-. The maximum Gasteiger partial charge on any atom is 0.280 e. The van der Waals surface area contributed by atoms with Crippen LogP contribution in [0.15, 0.2) is 59.4 Å². The number of aliphatic hydroxyl groups is 1. The van der Waals surface area contributed by atoms with Crippen molar-refractivity contribution in [1.82, 2.24) is 14.9 Å². The quantitative estimate of drug-likeness (QED) is 0.772. The molecule has 1 aliphatic rings. The topological polar surface area (TPSA) is 84.4 Å². The number of aliphatic hydroxyl groups excluding tert-OH is 1. The molecular weight excluding hydrogens is 320 g/mol. The molecule has 7 heteroatoms. The lowest BCUT2D eigenvalue weighted by atomic mass is 9.85. The minimum absolute atomic E-state index is 0.0655. The van der Waals surface area contributed by atoms with Gasteiger partial charge in [-0.1, -0.05) is 23.4 Å². The number of amides is 1. The van der Waals surface area contributed by atoms with Crippen molar-refractivity contribution in [3.8, 4) is 0 Å². The van der Waals surface area contributed by atoms with Crippen LogP contribution in [0.4, 0.5) is 5.69 Å². The van der Waals surface area contributed by atoms with Gasteiger partial charge in [0.05, 0.1) is 18.3 Å². The minimum atomic E-state index is -0.167. The van der Waals surface area contributed by atoms with Crippen LogP contribution >= 0.6 is 0 Å². The van der Waals surface area contributed by atoms with E-state index in [1.807, 2.05) is 47.3 Å². The Hall–Kier alpha value is -2.93. The molecule has 0 spiro atoms. The molecule has 1 saturated carbocycles. The summed E-state index contributed by atoms with van der Waals surface area (Å²) in [4.78, 5) is 14.7. The van der Waals surface area contributed by atoms with E-state index in [2.05, 4.69) is 10.3 Å². The molecule has 128 valence electrons. The molecule has 1 aliphatic carbocycles. The Labute approximate surface area is 144 Å². The molecule has 2 heterocycles. The van der Waals surface area contributed by atoms with E-state index in [0.717, 1.165) is 18.5 Å². The lowest BCUT2D eigenvalue weighted by Gasteiger charge is -2.42. The second kappa shape index (κ2) is 6.52. The monoisotopic (exact) mass is 338 g/mol. The highest BCUT2D eigenvalue weighted by Crippen LogP contribution is 2.38. The number of carbonyl (C=O) groups excluding carboxylic acids is 1. The van der Waals surface area contributed by atoms with Crippen LogP contribution in [-0.2, 0) is 6.61 Å². The van der Waals surface area contributed by atoms with Gasteiger partial charge in [0.15, 0.2) is 5.69 Å². The van der Waals surface area contributed by atoms with E-state index in [-0.39, 0.29) is 24.6 Å². The molecule has 1 fully saturated rings. The van der Waals surface area contributed by atoms with Gasteiger partial charge in [-0.05, 0) is 31.0 Å². The molecule has 2 aromatic heterocycles. The number of anilines is 1. The van der Waals surface area contributed by atoms with E-state index in [4.69, 9.17) is 9.63 Å². The molecule has 0 bridgehead atoms. The van der Waals surface area contributed by atoms with Crippen LogP contribution in [0.2, 0.25) is 0 Å². The largest absolute Gasteiger partial charge is 0.390 e. The molecule has 0 atom stereocenters. The van der Waals surface area contributed by atoms with Gasteiger partial charge in [0.25, 0.3) is 5.91 Å². The fraction of sp³-hybridized carbons (Fsp3) is 0.278. The Kier molecular flexibility index (Phi) is 4.07. The van der Waals surface area contributed by atoms with Crippen molar-refractivity contribution < 1.29 is 14.4 Å². The van der Waals surface area contributed by atoms with Crippen LogP contribution in [0, 0.1) is 0 Å². The number of hydrogen-bond donors (Lipinski definition) is 1. The molecule has 0 aliphatic heterocycles. The summed E-state index contributed by atoms with van der Waals surface area (Å²) in [6, 6.07) is 13.3.